The minimum absolute atomic E-state index is 0.0105. The number of nitrogens with one attached hydrogen (secondary N) is 1. The van der Waals surface area contributed by atoms with Crippen LogP contribution in [0.2, 0.25) is 0 Å². The summed E-state index contributed by atoms with van der Waals surface area (Å²) in [6.07, 6.45) is -3.37. The molecule has 0 saturated heterocycles. The van der Waals surface area contributed by atoms with Gasteiger partial charge in [-0.2, -0.15) is 13.2 Å². The molecule has 2 aromatic carbocycles. The van der Waals surface area contributed by atoms with Crippen LogP contribution in [-0.4, -0.2) is 49.8 Å². The fourth-order valence-corrected chi connectivity index (χ4v) is 3.87. The van der Waals surface area contributed by atoms with E-state index >= 15 is 0 Å². The molecule has 0 heterocycles. The summed E-state index contributed by atoms with van der Waals surface area (Å²) in [6, 6.07) is 9.00. The van der Waals surface area contributed by atoms with Crippen LogP contribution in [0.5, 0.6) is 0 Å². The van der Waals surface area contributed by atoms with Gasteiger partial charge in [-0.15, -0.1) is 0 Å². The first-order valence-corrected chi connectivity index (χ1v) is 11.4. The van der Waals surface area contributed by atoms with Crippen LogP contribution >= 0.6 is 0 Å². The second-order valence-electron chi connectivity index (χ2n) is 6.89. The number of carboxylic acid groups (broad SMARTS) is 2. The highest BCUT2D eigenvalue weighted by Crippen LogP contribution is 2.27. The average Bonchev–Trinajstić information content (AvgIpc) is 2.73. The van der Waals surface area contributed by atoms with Crippen LogP contribution in [0, 0.1) is 5.82 Å². The second kappa shape index (κ2) is 12.2. The third-order valence-corrected chi connectivity index (χ3v) is 5.53. The molecule has 2 aromatic rings. The lowest BCUT2D eigenvalue weighted by Gasteiger charge is -2.25. The molecule has 0 fully saturated rings. The number of hydrogen-bond donors (Lipinski definition) is 3. The van der Waals surface area contributed by atoms with E-state index < -0.39 is 34.0 Å². The predicted molar refractivity (Wildman–Crippen MR) is 117 cm³/mol. The van der Waals surface area contributed by atoms with Gasteiger partial charge in [-0.3, -0.25) is 4.72 Å². The smallest absolute Gasteiger partial charge is 0.478 e. The molecule has 34 heavy (non-hydrogen) atoms. The first kappa shape index (κ1) is 28.7. The lowest BCUT2D eigenvalue weighted by Crippen LogP contribution is -2.27. The van der Waals surface area contributed by atoms with Gasteiger partial charge in [0.2, 0.25) is 0 Å². The summed E-state index contributed by atoms with van der Waals surface area (Å²) in [7, 11) is -4.03. The van der Waals surface area contributed by atoms with Crippen LogP contribution < -0.4 is 9.62 Å². The highest BCUT2D eigenvalue weighted by molar-refractivity contribution is 7.92. The first-order chi connectivity index (χ1) is 15.7. The van der Waals surface area contributed by atoms with Gasteiger partial charge < -0.3 is 15.1 Å². The Kier molecular flexibility index (Phi) is 10.3. The Morgan fingerprint density at radius 2 is 1.56 bits per heavy atom. The molecule has 0 aliphatic heterocycles. The largest absolute Gasteiger partial charge is 0.490 e. The standard InChI is InChI=1S/C19H23FN2O4S.C2HF3O2/c1-3-10-22(11-4-2)18-9-8-15(13-17(18)19(23)24)21-27(25,26)16-7-5-6-14(20)12-16;3-2(4,5)1(6)7/h5-9,12-13,21H,3-4,10-11H2,1-2H3,(H,23,24);(H,6,7). The van der Waals surface area contributed by atoms with Crippen molar-refractivity contribution in [3.8, 4) is 0 Å². The van der Waals surface area contributed by atoms with Gasteiger partial charge in [0, 0.05) is 18.8 Å². The third kappa shape index (κ3) is 8.54. The summed E-state index contributed by atoms with van der Waals surface area (Å²) in [5.41, 5.74) is 0.657. The lowest BCUT2D eigenvalue weighted by molar-refractivity contribution is -0.192. The maximum absolute atomic E-state index is 13.3. The van der Waals surface area contributed by atoms with E-state index in [1.165, 1.54) is 24.3 Å². The second-order valence-corrected chi connectivity index (χ2v) is 8.57. The Morgan fingerprint density at radius 3 is 2.00 bits per heavy atom. The molecule has 0 aromatic heterocycles. The maximum atomic E-state index is 13.3. The molecule has 2 rings (SSSR count). The molecule has 188 valence electrons. The molecule has 3 N–H and O–H groups in total. The number of halogens is 4. The molecule has 8 nitrogen and oxygen atoms in total. The number of anilines is 2. The molecule has 0 amide bonds. The Bertz CT molecular complexity index is 1100. The Balaban J connectivity index is 0.000000718. The van der Waals surface area contributed by atoms with Crippen molar-refractivity contribution in [2.24, 2.45) is 0 Å². The van der Waals surface area contributed by atoms with Crippen molar-refractivity contribution in [3.63, 3.8) is 0 Å². The van der Waals surface area contributed by atoms with Crippen molar-refractivity contribution in [1.82, 2.24) is 0 Å². The van der Waals surface area contributed by atoms with E-state index in [1.807, 2.05) is 18.7 Å². The Hall–Kier alpha value is -3.35. The number of carboxylic acids is 2. The summed E-state index contributed by atoms with van der Waals surface area (Å²) in [5.74, 6) is -4.57. The topological polar surface area (TPSA) is 124 Å². The quantitative estimate of drug-likeness (QED) is 0.424. The van der Waals surface area contributed by atoms with E-state index in [2.05, 4.69) is 4.72 Å². The molecule has 0 radical (unpaired) electrons. The number of hydrogen-bond acceptors (Lipinski definition) is 5. The van der Waals surface area contributed by atoms with Gasteiger partial charge in [0.05, 0.1) is 16.1 Å². The minimum atomic E-state index is -5.08. The van der Waals surface area contributed by atoms with Gasteiger partial charge in [0.25, 0.3) is 10.0 Å². The summed E-state index contributed by atoms with van der Waals surface area (Å²) >= 11 is 0. The Labute approximate surface area is 193 Å². The molecule has 0 unspecified atom stereocenters. The number of carbonyl (C=O) groups is 2. The van der Waals surface area contributed by atoms with Crippen LogP contribution in [0.4, 0.5) is 28.9 Å². The first-order valence-electron chi connectivity index (χ1n) is 9.93. The van der Waals surface area contributed by atoms with E-state index in [0.717, 1.165) is 25.0 Å². The predicted octanol–water partition coefficient (Wildman–Crippen LogP) is 4.58. The number of sulfonamides is 1. The average molecular weight is 508 g/mol. The number of nitrogens with zero attached hydrogens (tertiary/aromatic N) is 1. The third-order valence-electron chi connectivity index (χ3n) is 4.16. The lowest BCUT2D eigenvalue weighted by atomic mass is 10.1. The summed E-state index contributed by atoms with van der Waals surface area (Å²) < 4.78 is 72.2. The number of aliphatic carboxylic acids is 1. The molecule has 0 aliphatic rings. The minimum Gasteiger partial charge on any atom is -0.478 e. The zero-order chi connectivity index (χ0) is 26.1. The maximum Gasteiger partial charge on any atom is 0.490 e. The van der Waals surface area contributed by atoms with Crippen LogP contribution in [0.15, 0.2) is 47.4 Å². The van der Waals surface area contributed by atoms with Crippen molar-refractivity contribution in [3.05, 3.63) is 53.8 Å². The highest BCUT2D eigenvalue weighted by Gasteiger charge is 2.38. The number of alkyl halides is 3. The Morgan fingerprint density at radius 1 is 1.00 bits per heavy atom. The van der Waals surface area contributed by atoms with E-state index in [1.54, 1.807) is 6.07 Å². The molecule has 0 spiro atoms. The number of aromatic carboxylic acids is 1. The fourth-order valence-electron chi connectivity index (χ4n) is 2.79. The number of rotatable bonds is 9. The molecular formula is C21H24F4N2O6S. The van der Waals surface area contributed by atoms with Gasteiger partial charge in [-0.05, 0) is 49.2 Å². The van der Waals surface area contributed by atoms with Crippen LogP contribution in [0.25, 0.3) is 0 Å². The van der Waals surface area contributed by atoms with Crippen LogP contribution in [-0.2, 0) is 14.8 Å². The number of benzene rings is 2. The van der Waals surface area contributed by atoms with Crippen molar-refractivity contribution in [2.75, 3.05) is 22.7 Å². The van der Waals surface area contributed by atoms with Gasteiger partial charge >= 0.3 is 18.1 Å². The van der Waals surface area contributed by atoms with Crippen LogP contribution in [0.1, 0.15) is 37.0 Å². The van der Waals surface area contributed by atoms with Gasteiger partial charge in [0.15, 0.2) is 0 Å². The van der Waals surface area contributed by atoms with Gasteiger partial charge in [0.1, 0.15) is 5.82 Å². The summed E-state index contributed by atoms with van der Waals surface area (Å²) in [6.45, 7) is 5.40. The van der Waals surface area contributed by atoms with Crippen molar-refractivity contribution in [1.29, 1.82) is 0 Å². The zero-order valence-corrected chi connectivity index (χ0v) is 19.1. The van der Waals surface area contributed by atoms with E-state index in [0.29, 0.717) is 18.8 Å². The fraction of sp³-hybridized carbons (Fsp3) is 0.333. The summed E-state index contributed by atoms with van der Waals surface area (Å²) in [4.78, 5) is 22.3. The van der Waals surface area contributed by atoms with Crippen LogP contribution in [0.3, 0.4) is 0 Å². The molecule has 0 saturated carbocycles. The highest BCUT2D eigenvalue weighted by atomic mass is 32.2. The van der Waals surface area contributed by atoms with Gasteiger partial charge in [-0.1, -0.05) is 19.9 Å². The normalized spacial score (nSPS) is 11.2. The van der Waals surface area contributed by atoms with Gasteiger partial charge in [-0.25, -0.2) is 22.4 Å². The van der Waals surface area contributed by atoms with Crippen molar-refractivity contribution in [2.45, 2.75) is 37.8 Å². The molecule has 0 atom stereocenters. The van der Waals surface area contributed by atoms with E-state index in [4.69, 9.17) is 9.90 Å². The van der Waals surface area contributed by atoms with E-state index in [9.17, 15) is 35.9 Å². The van der Waals surface area contributed by atoms with E-state index in [-0.39, 0.29) is 16.1 Å². The molecule has 13 heteroatoms. The summed E-state index contributed by atoms with van der Waals surface area (Å²) in [5, 5.41) is 16.7. The SMILES string of the molecule is CCCN(CCC)c1ccc(NS(=O)(=O)c2cccc(F)c2)cc1C(=O)O.O=C(O)C(F)(F)F. The van der Waals surface area contributed by atoms with Crippen molar-refractivity contribution < 1.29 is 45.8 Å². The molecular weight excluding hydrogens is 484 g/mol. The molecule has 0 aliphatic carbocycles. The monoisotopic (exact) mass is 508 g/mol. The molecule has 0 bridgehead atoms. The van der Waals surface area contributed by atoms with Crippen molar-refractivity contribution >= 4 is 33.3 Å². The zero-order valence-electron chi connectivity index (χ0n) is 18.3.